The van der Waals surface area contributed by atoms with Gasteiger partial charge in [0.15, 0.2) is 5.16 Å². The van der Waals surface area contributed by atoms with Crippen molar-refractivity contribution in [1.82, 2.24) is 14.8 Å². The van der Waals surface area contributed by atoms with Crippen molar-refractivity contribution in [3.63, 3.8) is 0 Å². The third-order valence-electron chi connectivity index (χ3n) is 3.51. The molecule has 5 nitrogen and oxygen atoms in total. The molecule has 1 saturated heterocycles. The van der Waals surface area contributed by atoms with E-state index in [1.54, 1.807) is 11.8 Å². The predicted molar refractivity (Wildman–Crippen MR) is 90.1 cm³/mol. The summed E-state index contributed by atoms with van der Waals surface area (Å²) in [5.74, 6) is 1.53. The van der Waals surface area contributed by atoms with Crippen LogP contribution < -0.4 is 4.90 Å². The fraction of sp³-hybridized carbons (Fsp3) is 0.429. The van der Waals surface area contributed by atoms with Crippen molar-refractivity contribution in [2.45, 2.75) is 10.9 Å². The van der Waals surface area contributed by atoms with E-state index in [4.69, 9.17) is 27.9 Å². The molecule has 2 heterocycles. The van der Waals surface area contributed by atoms with E-state index >= 15 is 0 Å². The van der Waals surface area contributed by atoms with Gasteiger partial charge in [0, 0.05) is 35.9 Å². The van der Waals surface area contributed by atoms with Gasteiger partial charge in [0.05, 0.1) is 13.2 Å². The Hall–Kier alpha value is -0.950. The van der Waals surface area contributed by atoms with E-state index in [0.717, 1.165) is 43.0 Å². The zero-order valence-corrected chi connectivity index (χ0v) is 14.5. The molecule has 0 N–H and O–H groups in total. The zero-order valence-electron chi connectivity index (χ0n) is 12.1. The van der Waals surface area contributed by atoms with Gasteiger partial charge >= 0.3 is 0 Å². The molecule has 0 unspecified atom stereocenters. The van der Waals surface area contributed by atoms with Gasteiger partial charge in [-0.2, -0.15) is 0 Å². The predicted octanol–water partition coefficient (Wildman–Crippen LogP) is 3.25. The highest BCUT2D eigenvalue weighted by Gasteiger charge is 2.19. The van der Waals surface area contributed by atoms with Gasteiger partial charge in [0.1, 0.15) is 0 Å². The van der Waals surface area contributed by atoms with Crippen LogP contribution in [0.4, 0.5) is 5.95 Å². The van der Waals surface area contributed by atoms with Crippen LogP contribution in [-0.4, -0.2) is 41.1 Å². The monoisotopic (exact) mass is 358 g/mol. The van der Waals surface area contributed by atoms with Crippen molar-refractivity contribution in [3.05, 3.63) is 33.8 Å². The Balaban J connectivity index is 1.72. The number of hydrogen-bond acceptors (Lipinski definition) is 5. The second kappa shape index (κ2) is 7.08. The van der Waals surface area contributed by atoms with Crippen LogP contribution in [0.15, 0.2) is 23.4 Å². The standard InChI is InChI=1S/C14H16Cl2N4OS/c1-19-13(20-5-7-21-8-6-20)17-18-14(19)22-9-10-11(15)3-2-4-12(10)16/h2-4H,5-9H2,1H3. The van der Waals surface area contributed by atoms with Gasteiger partial charge in [0.2, 0.25) is 5.95 Å². The van der Waals surface area contributed by atoms with Gasteiger partial charge < -0.3 is 9.64 Å². The molecule has 1 aliphatic heterocycles. The molecule has 1 aromatic carbocycles. The fourth-order valence-corrected chi connectivity index (χ4v) is 3.93. The Morgan fingerprint density at radius 2 is 1.86 bits per heavy atom. The van der Waals surface area contributed by atoms with Crippen molar-refractivity contribution in [3.8, 4) is 0 Å². The lowest BCUT2D eigenvalue weighted by molar-refractivity contribution is 0.121. The summed E-state index contributed by atoms with van der Waals surface area (Å²) in [7, 11) is 1.97. The minimum absolute atomic E-state index is 0.660. The van der Waals surface area contributed by atoms with Crippen molar-refractivity contribution in [1.29, 1.82) is 0 Å². The van der Waals surface area contributed by atoms with E-state index in [9.17, 15) is 0 Å². The summed E-state index contributed by atoms with van der Waals surface area (Å²) in [6, 6.07) is 5.54. The third-order valence-corrected chi connectivity index (χ3v) is 5.27. The van der Waals surface area contributed by atoms with E-state index in [1.165, 1.54) is 0 Å². The smallest absolute Gasteiger partial charge is 0.227 e. The molecule has 2 aromatic rings. The lowest BCUT2D eigenvalue weighted by atomic mass is 10.2. The van der Waals surface area contributed by atoms with Crippen LogP contribution in [0.25, 0.3) is 0 Å². The summed E-state index contributed by atoms with van der Waals surface area (Å²) in [6.45, 7) is 3.13. The average Bonchev–Trinajstić information content (AvgIpc) is 2.89. The first kappa shape index (κ1) is 15.9. The molecule has 0 amide bonds. The molecule has 0 radical (unpaired) electrons. The molecule has 22 heavy (non-hydrogen) atoms. The first-order valence-corrected chi connectivity index (χ1v) is 8.68. The van der Waals surface area contributed by atoms with Crippen LogP contribution in [-0.2, 0) is 17.5 Å². The van der Waals surface area contributed by atoms with Crippen LogP contribution >= 0.6 is 35.0 Å². The molecular formula is C14H16Cl2N4OS. The minimum Gasteiger partial charge on any atom is -0.378 e. The number of ether oxygens (including phenoxy) is 1. The second-order valence-electron chi connectivity index (χ2n) is 4.93. The first-order chi connectivity index (χ1) is 10.7. The number of anilines is 1. The van der Waals surface area contributed by atoms with Crippen LogP contribution in [0.3, 0.4) is 0 Å². The molecule has 1 aromatic heterocycles. The van der Waals surface area contributed by atoms with Crippen molar-refractivity contribution in [2.24, 2.45) is 7.05 Å². The number of thioether (sulfide) groups is 1. The summed E-state index contributed by atoms with van der Waals surface area (Å²) in [4.78, 5) is 2.18. The Labute approximate surface area is 143 Å². The number of benzene rings is 1. The maximum Gasteiger partial charge on any atom is 0.227 e. The Morgan fingerprint density at radius 1 is 1.18 bits per heavy atom. The lowest BCUT2D eigenvalue weighted by Gasteiger charge is -2.27. The highest BCUT2D eigenvalue weighted by molar-refractivity contribution is 7.98. The molecule has 0 atom stereocenters. The first-order valence-electron chi connectivity index (χ1n) is 6.94. The Bertz CT molecular complexity index is 638. The van der Waals surface area contributed by atoms with Gasteiger partial charge in [-0.3, -0.25) is 4.57 Å². The van der Waals surface area contributed by atoms with Gasteiger partial charge in [-0.15, -0.1) is 10.2 Å². The summed E-state index contributed by atoms with van der Waals surface area (Å²) in [6.07, 6.45) is 0. The lowest BCUT2D eigenvalue weighted by Crippen LogP contribution is -2.37. The van der Waals surface area contributed by atoms with E-state index in [1.807, 2.05) is 29.8 Å². The number of aromatic nitrogens is 3. The largest absolute Gasteiger partial charge is 0.378 e. The van der Waals surface area contributed by atoms with E-state index < -0.39 is 0 Å². The third kappa shape index (κ3) is 3.35. The van der Waals surface area contributed by atoms with Crippen LogP contribution in [0.1, 0.15) is 5.56 Å². The number of hydrogen-bond donors (Lipinski definition) is 0. The Kier molecular flexibility index (Phi) is 5.13. The summed E-state index contributed by atoms with van der Waals surface area (Å²) >= 11 is 14.0. The molecule has 1 fully saturated rings. The van der Waals surface area contributed by atoms with Crippen LogP contribution in [0.5, 0.6) is 0 Å². The molecule has 0 aliphatic carbocycles. The summed E-state index contributed by atoms with van der Waals surface area (Å²) in [5.41, 5.74) is 0.923. The number of nitrogens with zero attached hydrogens (tertiary/aromatic N) is 4. The van der Waals surface area contributed by atoms with E-state index in [-0.39, 0.29) is 0 Å². The van der Waals surface area contributed by atoms with Gasteiger partial charge in [0.25, 0.3) is 0 Å². The van der Waals surface area contributed by atoms with Gasteiger partial charge in [-0.1, -0.05) is 41.0 Å². The van der Waals surface area contributed by atoms with Gasteiger partial charge in [-0.25, -0.2) is 0 Å². The zero-order chi connectivity index (χ0) is 15.5. The second-order valence-corrected chi connectivity index (χ2v) is 6.69. The number of rotatable bonds is 4. The molecule has 8 heteroatoms. The Morgan fingerprint density at radius 3 is 2.55 bits per heavy atom. The van der Waals surface area contributed by atoms with Crippen LogP contribution in [0, 0.1) is 0 Å². The van der Waals surface area contributed by atoms with Crippen molar-refractivity contribution < 1.29 is 4.74 Å². The summed E-state index contributed by atoms with van der Waals surface area (Å²) in [5, 5.41) is 10.8. The minimum atomic E-state index is 0.660. The normalized spacial score (nSPS) is 15.3. The molecular weight excluding hydrogens is 343 g/mol. The number of morpholine rings is 1. The molecule has 3 rings (SSSR count). The highest BCUT2D eigenvalue weighted by atomic mass is 35.5. The SMILES string of the molecule is Cn1c(SCc2c(Cl)cccc2Cl)nnc1N1CCOCC1. The molecule has 0 spiro atoms. The quantitative estimate of drug-likeness (QED) is 0.784. The average molecular weight is 359 g/mol. The number of halogens is 2. The van der Waals surface area contributed by atoms with E-state index in [2.05, 4.69) is 15.1 Å². The van der Waals surface area contributed by atoms with Gasteiger partial charge in [-0.05, 0) is 17.7 Å². The van der Waals surface area contributed by atoms with Crippen molar-refractivity contribution in [2.75, 3.05) is 31.2 Å². The maximum atomic E-state index is 6.20. The van der Waals surface area contributed by atoms with Crippen LogP contribution in [0.2, 0.25) is 10.0 Å². The topological polar surface area (TPSA) is 43.2 Å². The van der Waals surface area contributed by atoms with Crippen molar-refractivity contribution >= 4 is 40.9 Å². The van der Waals surface area contributed by atoms with E-state index in [0.29, 0.717) is 15.8 Å². The molecule has 118 valence electrons. The molecule has 1 aliphatic rings. The maximum absolute atomic E-state index is 6.20. The fourth-order valence-electron chi connectivity index (χ4n) is 2.28. The molecule has 0 bridgehead atoms. The summed E-state index contributed by atoms with van der Waals surface area (Å²) < 4.78 is 7.37. The molecule has 0 saturated carbocycles. The highest BCUT2D eigenvalue weighted by Crippen LogP contribution is 2.31.